The highest BCUT2D eigenvalue weighted by Crippen LogP contribution is 2.44. The molecule has 520 valence electrons. The van der Waals surface area contributed by atoms with Crippen molar-refractivity contribution in [2.24, 2.45) is 0 Å². The summed E-state index contributed by atoms with van der Waals surface area (Å²) in [6.45, 7) is 0. The summed E-state index contributed by atoms with van der Waals surface area (Å²) >= 11 is 0. The lowest BCUT2D eigenvalue weighted by molar-refractivity contribution is 1.18. The average molecular weight is 1430 g/mol. The maximum absolute atomic E-state index is 4.82. The Morgan fingerprint density at radius 3 is 0.821 bits per heavy atom. The van der Waals surface area contributed by atoms with E-state index in [4.69, 9.17) is 19.9 Å². The summed E-state index contributed by atoms with van der Waals surface area (Å²) < 4.78 is 9.58. The predicted molar refractivity (Wildman–Crippen MR) is 468 cm³/mol. The SMILES string of the molecule is c1ccc(-n2c3ccccc3c3cc(-c4ccc5c(c4)c4ccccc4n5-c4cccc(-c5ccc6c7ccccc7c7nccnc7c6c5)c4)ccc32)cc1.c1ccc(-n2c3ccccc3c3ccc(-c4ccc5c(c4)c4ccccc4n5-c4cccc(-c5ccc6c(c5)c5ccccc5c5nccnc65)c4)cc32)cc1. The minimum Gasteiger partial charge on any atom is -0.309 e. The molecule has 0 radical (unpaired) electrons. The van der Waals surface area contributed by atoms with E-state index in [-0.39, 0.29) is 0 Å². The van der Waals surface area contributed by atoms with Gasteiger partial charge in [-0.3, -0.25) is 19.9 Å². The van der Waals surface area contributed by atoms with E-state index in [9.17, 15) is 0 Å². The molecule has 0 aliphatic carbocycles. The average Bonchev–Trinajstić information content (AvgIpc) is 1.44. The molecule has 112 heavy (non-hydrogen) atoms. The summed E-state index contributed by atoms with van der Waals surface area (Å²) in [5, 5.41) is 19.2. The predicted octanol–water partition coefficient (Wildman–Crippen LogP) is 26.9. The molecular weight excluding hydrogens is 1360 g/mol. The molecule has 0 atom stereocenters. The lowest BCUT2D eigenvalue weighted by Crippen LogP contribution is -1.94. The summed E-state index contributed by atoms with van der Waals surface area (Å²) in [4.78, 5) is 19.1. The molecule has 0 unspecified atom stereocenters. The Bertz CT molecular complexity index is 7940. The highest BCUT2D eigenvalue weighted by Gasteiger charge is 2.22. The Labute approximate surface area is 642 Å². The maximum Gasteiger partial charge on any atom is 0.0971 e. The number of para-hydroxylation sites is 6. The van der Waals surface area contributed by atoms with E-state index in [0.29, 0.717) is 0 Å². The van der Waals surface area contributed by atoms with Crippen molar-refractivity contribution in [3.05, 3.63) is 389 Å². The summed E-state index contributed by atoms with van der Waals surface area (Å²) in [5.74, 6) is 0. The Kier molecular flexibility index (Phi) is 14.2. The summed E-state index contributed by atoms with van der Waals surface area (Å²) in [7, 11) is 0. The molecule has 6 aromatic heterocycles. The van der Waals surface area contributed by atoms with Crippen molar-refractivity contribution >= 4 is 152 Å². The van der Waals surface area contributed by atoms with Gasteiger partial charge in [-0.2, -0.15) is 0 Å². The van der Waals surface area contributed by atoms with Crippen molar-refractivity contribution in [3.8, 4) is 67.3 Å². The zero-order chi connectivity index (χ0) is 73.5. The van der Waals surface area contributed by atoms with E-state index >= 15 is 0 Å². The quantitative estimate of drug-likeness (QED) is 0.142. The third-order valence-corrected chi connectivity index (χ3v) is 23.2. The van der Waals surface area contributed by atoms with E-state index in [0.717, 1.165) is 77.4 Å². The second-order valence-electron chi connectivity index (χ2n) is 29.2. The van der Waals surface area contributed by atoms with Crippen molar-refractivity contribution in [2.75, 3.05) is 0 Å². The molecule has 0 aliphatic heterocycles. The van der Waals surface area contributed by atoms with Crippen molar-refractivity contribution in [2.45, 2.75) is 0 Å². The highest BCUT2D eigenvalue weighted by molar-refractivity contribution is 6.25. The van der Waals surface area contributed by atoms with Gasteiger partial charge in [-0.15, -0.1) is 0 Å². The Morgan fingerprint density at radius 2 is 0.384 bits per heavy atom. The minimum atomic E-state index is 0.929. The van der Waals surface area contributed by atoms with Crippen LogP contribution in [0.2, 0.25) is 0 Å². The maximum atomic E-state index is 4.82. The summed E-state index contributed by atoms with van der Waals surface area (Å²) in [6.07, 6.45) is 7.14. The van der Waals surface area contributed by atoms with E-state index in [1.165, 1.54) is 142 Å². The van der Waals surface area contributed by atoms with Crippen LogP contribution in [-0.4, -0.2) is 38.2 Å². The van der Waals surface area contributed by atoms with Gasteiger partial charge < -0.3 is 18.3 Å². The minimum absolute atomic E-state index is 0.929. The molecule has 8 nitrogen and oxygen atoms in total. The zero-order valence-corrected chi connectivity index (χ0v) is 60.5. The normalized spacial score (nSPS) is 11.9. The second kappa shape index (κ2) is 25.3. The molecule has 8 heteroatoms. The third-order valence-electron chi connectivity index (χ3n) is 23.2. The van der Waals surface area contributed by atoms with Crippen molar-refractivity contribution < 1.29 is 0 Å². The van der Waals surface area contributed by atoms with Gasteiger partial charge in [0.25, 0.3) is 0 Å². The van der Waals surface area contributed by atoms with Gasteiger partial charge in [-0.25, -0.2) is 0 Å². The van der Waals surface area contributed by atoms with E-state index in [1.807, 2.05) is 0 Å². The molecule has 0 amide bonds. The van der Waals surface area contributed by atoms with Gasteiger partial charge in [0.2, 0.25) is 0 Å². The van der Waals surface area contributed by atoms with Crippen LogP contribution < -0.4 is 0 Å². The van der Waals surface area contributed by atoms with Crippen LogP contribution in [0.4, 0.5) is 0 Å². The van der Waals surface area contributed by atoms with Crippen LogP contribution in [0.25, 0.3) is 220 Å². The molecule has 24 rings (SSSR count). The van der Waals surface area contributed by atoms with E-state index in [2.05, 4.69) is 382 Å². The molecule has 18 aromatic carbocycles. The number of benzene rings is 18. The fourth-order valence-electron chi connectivity index (χ4n) is 18.1. The number of hydrogen-bond donors (Lipinski definition) is 0. The Balaban J connectivity index is 0.000000134. The Hall–Kier alpha value is -15.1. The highest BCUT2D eigenvalue weighted by atomic mass is 15.0. The van der Waals surface area contributed by atoms with Crippen LogP contribution in [0, 0.1) is 0 Å². The van der Waals surface area contributed by atoms with Crippen LogP contribution in [0.1, 0.15) is 0 Å². The first kappa shape index (κ1) is 63.0. The van der Waals surface area contributed by atoms with Crippen molar-refractivity contribution in [1.29, 1.82) is 0 Å². The number of aromatic nitrogens is 8. The molecule has 24 aromatic rings. The first-order valence-corrected chi connectivity index (χ1v) is 38.1. The van der Waals surface area contributed by atoms with E-state index < -0.39 is 0 Å². The fourth-order valence-corrected chi connectivity index (χ4v) is 18.1. The monoisotopic (exact) mass is 1420 g/mol. The molecule has 0 fully saturated rings. The van der Waals surface area contributed by atoms with Crippen molar-refractivity contribution in [3.63, 3.8) is 0 Å². The Morgan fingerprint density at radius 1 is 0.134 bits per heavy atom. The molecule has 0 bridgehead atoms. The number of rotatable bonds is 8. The lowest BCUT2D eigenvalue weighted by atomic mass is 9.95. The molecule has 0 saturated heterocycles. The number of fused-ring (bicyclic) bond motifs is 24. The first-order chi connectivity index (χ1) is 55.6. The van der Waals surface area contributed by atoms with Crippen LogP contribution in [-0.2, 0) is 0 Å². The van der Waals surface area contributed by atoms with Gasteiger partial charge in [0.1, 0.15) is 0 Å². The molecule has 6 heterocycles. The van der Waals surface area contributed by atoms with Gasteiger partial charge >= 0.3 is 0 Å². The first-order valence-electron chi connectivity index (χ1n) is 38.1. The van der Waals surface area contributed by atoms with Gasteiger partial charge in [-0.05, 0) is 193 Å². The molecule has 0 N–H and O–H groups in total. The van der Waals surface area contributed by atoms with Crippen LogP contribution in [0.5, 0.6) is 0 Å². The van der Waals surface area contributed by atoms with E-state index in [1.54, 1.807) is 24.8 Å². The zero-order valence-electron chi connectivity index (χ0n) is 60.5. The standard InChI is InChI=1S/2C52H32N4/c1-2-12-37(13-3-1)55-47-19-8-6-16-40(47)42-24-21-36(32-50(42)55)35-23-26-49-46(31-35)41-17-7-9-20-48(41)56(49)38-14-10-11-33(29-38)34-22-25-44-45(30-34)39-15-4-5-18-43(39)51-52(44)54-28-27-53-51;1-2-12-37(13-3-1)55-47-19-8-6-16-41(47)44-30-35(22-25-49(44)55)36-23-26-50-45(31-36)42-17-7-9-20-48(42)56(50)38-14-10-11-33(29-38)34-21-24-40-39-15-4-5-18-43(39)51-52(46(40)32-34)54-28-27-53-51/h2*1-32H. The van der Waals surface area contributed by atoms with Gasteiger partial charge in [0.05, 0.1) is 66.2 Å². The largest absolute Gasteiger partial charge is 0.309 e. The van der Waals surface area contributed by atoms with Gasteiger partial charge in [0.15, 0.2) is 0 Å². The second-order valence-corrected chi connectivity index (χ2v) is 29.2. The van der Waals surface area contributed by atoms with Gasteiger partial charge in [0, 0.05) is 112 Å². The molecular formula is C104H64N8. The third kappa shape index (κ3) is 9.88. The smallest absolute Gasteiger partial charge is 0.0971 e. The van der Waals surface area contributed by atoms with Crippen LogP contribution >= 0.6 is 0 Å². The lowest BCUT2D eigenvalue weighted by Gasteiger charge is -2.13. The number of nitrogens with zero attached hydrogens (tertiary/aromatic N) is 8. The van der Waals surface area contributed by atoms with Crippen molar-refractivity contribution in [1.82, 2.24) is 38.2 Å². The summed E-state index contributed by atoms with van der Waals surface area (Å²) in [6, 6.07) is 132. The fraction of sp³-hybridized carbons (Fsp3) is 0. The molecule has 0 spiro atoms. The topological polar surface area (TPSA) is 71.3 Å². The summed E-state index contributed by atoms with van der Waals surface area (Å²) in [5.41, 5.74) is 27.3. The van der Waals surface area contributed by atoms with Gasteiger partial charge in [-0.1, -0.05) is 237 Å². The van der Waals surface area contributed by atoms with Crippen LogP contribution in [0.15, 0.2) is 389 Å². The molecule has 0 saturated carbocycles. The van der Waals surface area contributed by atoms with Crippen LogP contribution in [0.3, 0.4) is 0 Å². The number of hydrogen-bond acceptors (Lipinski definition) is 4. The molecule has 0 aliphatic rings.